The highest BCUT2D eigenvalue weighted by atomic mass is 16.5. The molecule has 20 heavy (non-hydrogen) atoms. The molecule has 0 saturated carbocycles. The Hall–Kier alpha value is -2.01. The zero-order chi connectivity index (χ0) is 14.8. The second kappa shape index (κ2) is 5.54. The smallest absolute Gasteiger partial charge is 0.163 e. The van der Waals surface area contributed by atoms with E-state index in [0.717, 1.165) is 11.3 Å². The van der Waals surface area contributed by atoms with Gasteiger partial charge in [0.05, 0.1) is 20.4 Å². The summed E-state index contributed by atoms with van der Waals surface area (Å²) in [6.45, 7) is 4.37. The van der Waals surface area contributed by atoms with E-state index in [0.29, 0.717) is 18.0 Å². The molecule has 1 unspecified atom stereocenters. The normalized spacial score (nSPS) is 13.8. The number of ether oxygens (including phenoxy) is 2. The van der Waals surface area contributed by atoms with E-state index in [4.69, 9.17) is 9.47 Å². The Morgan fingerprint density at radius 1 is 1.20 bits per heavy atom. The Labute approximate surface area is 118 Å². The molecule has 108 valence electrons. The fraction of sp³-hybridized carbons (Fsp3) is 0.400. The molecule has 1 N–H and O–H groups in total. The van der Waals surface area contributed by atoms with Crippen LogP contribution in [0.4, 0.5) is 0 Å². The van der Waals surface area contributed by atoms with E-state index < -0.39 is 5.60 Å². The van der Waals surface area contributed by atoms with Crippen molar-refractivity contribution in [1.82, 2.24) is 9.78 Å². The van der Waals surface area contributed by atoms with E-state index in [1.165, 1.54) is 0 Å². The van der Waals surface area contributed by atoms with Gasteiger partial charge >= 0.3 is 0 Å². The standard InChI is InChI=1S/C15H20N2O3/c1-5-17-14(13(20-4)10-16-17)15(2,18)11-6-8-12(19-3)9-7-11/h6-10,18H,5H2,1-4H3. The Bertz CT molecular complexity index is 552. The molecule has 0 aliphatic carbocycles. The number of aliphatic hydroxyl groups is 1. The first-order valence-corrected chi connectivity index (χ1v) is 6.51. The van der Waals surface area contributed by atoms with Crippen LogP contribution in [-0.4, -0.2) is 29.1 Å². The van der Waals surface area contributed by atoms with Gasteiger partial charge in [0.15, 0.2) is 5.75 Å². The van der Waals surface area contributed by atoms with Crippen LogP contribution in [0.3, 0.4) is 0 Å². The summed E-state index contributed by atoms with van der Waals surface area (Å²) in [4.78, 5) is 0. The van der Waals surface area contributed by atoms with Crippen LogP contribution >= 0.6 is 0 Å². The van der Waals surface area contributed by atoms with Gasteiger partial charge in [0.2, 0.25) is 0 Å². The van der Waals surface area contributed by atoms with Crippen molar-refractivity contribution in [2.75, 3.05) is 14.2 Å². The third-order valence-corrected chi connectivity index (χ3v) is 3.44. The van der Waals surface area contributed by atoms with Gasteiger partial charge in [0.1, 0.15) is 17.0 Å². The van der Waals surface area contributed by atoms with Gasteiger partial charge in [0, 0.05) is 6.54 Å². The van der Waals surface area contributed by atoms with Gasteiger partial charge in [0.25, 0.3) is 0 Å². The number of nitrogens with zero attached hydrogens (tertiary/aromatic N) is 2. The molecule has 0 aliphatic heterocycles. The first-order valence-electron chi connectivity index (χ1n) is 6.51. The van der Waals surface area contributed by atoms with Crippen LogP contribution in [0.15, 0.2) is 30.5 Å². The van der Waals surface area contributed by atoms with Crippen molar-refractivity contribution in [2.24, 2.45) is 0 Å². The summed E-state index contributed by atoms with van der Waals surface area (Å²) >= 11 is 0. The fourth-order valence-electron chi connectivity index (χ4n) is 2.30. The van der Waals surface area contributed by atoms with E-state index in [9.17, 15) is 5.11 Å². The maximum absolute atomic E-state index is 11.0. The third-order valence-electron chi connectivity index (χ3n) is 3.44. The van der Waals surface area contributed by atoms with Crippen molar-refractivity contribution in [2.45, 2.75) is 26.0 Å². The number of aromatic nitrogens is 2. The second-order valence-electron chi connectivity index (χ2n) is 4.68. The molecule has 0 saturated heterocycles. The molecule has 0 amide bonds. The van der Waals surface area contributed by atoms with E-state index in [-0.39, 0.29) is 0 Å². The average molecular weight is 276 g/mol. The summed E-state index contributed by atoms with van der Waals surface area (Å²) in [5, 5.41) is 15.2. The molecule has 0 spiro atoms. The van der Waals surface area contributed by atoms with Crippen molar-refractivity contribution < 1.29 is 14.6 Å². The molecule has 1 atom stereocenters. The van der Waals surface area contributed by atoms with Crippen molar-refractivity contribution in [1.29, 1.82) is 0 Å². The van der Waals surface area contributed by atoms with Crippen molar-refractivity contribution >= 4 is 0 Å². The minimum absolute atomic E-state index is 0.577. The lowest BCUT2D eigenvalue weighted by Gasteiger charge is -2.26. The maximum Gasteiger partial charge on any atom is 0.163 e. The zero-order valence-corrected chi connectivity index (χ0v) is 12.3. The number of aryl methyl sites for hydroxylation is 1. The average Bonchev–Trinajstić information content (AvgIpc) is 2.91. The lowest BCUT2D eigenvalue weighted by molar-refractivity contribution is 0.0885. The Morgan fingerprint density at radius 2 is 1.85 bits per heavy atom. The molecule has 2 aromatic rings. The zero-order valence-electron chi connectivity index (χ0n) is 12.3. The summed E-state index contributed by atoms with van der Waals surface area (Å²) < 4.78 is 12.2. The highest BCUT2D eigenvalue weighted by Gasteiger charge is 2.33. The molecule has 0 radical (unpaired) electrons. The molecule has 0 fully saturated rings. The lowest BCUT2D eigenvalue weighted by atomic mass is 9.92. The molecule has 0 aliphatic rings. The van der Waals surface area contributed by atoms with Crippen LogP contribution in [0, 0.1) is 0 Å². The predicted molar refractivity (Wildman–Crippen MR) is 76.1 cm³/mol. The van der Waals surface area contributed by atoms with Gasteiger partial charge in [-0.2, -0.15) is 5.10 Å². The number of rotatable bonds is 5. The SMILES string of the molecule is CCn1ncc(OC)c1C(C)(O)c1ccc(OC)cc1. The van der Waals surface area contributed by atoms with Crippen molar-refractivity contribution in [3.05, 3.63) is 41.7 Å². The molecular formula is C15H20N2O3. The largest absolute Gasteiger partial charge is 0.497 e. The van der Waals surface area contributed by atoms with Gasteiger partial charge in [-0.1, -0.05) is 12.1 Å². The minimum Gasteiger partial charge on any atom is -0.497 e. The van der Waals surface area contributed by atoms with Crippen molar-refractivity contribution in [3.8, 4) is 11.5 Å². The van der Waals surface area contributed by atoms with Crippen LogP contribution in [0.2, 0.25) is 0 Å². The first-order chi connectivity index (χ1) is 9.54. The van der Waals surface area contributed by atoms with Crippen LogP contribution in [0.5, 0.6) is 11.5 Å². The van der Waals surface area contributed by atoms with E-state index >= 15 is 0 Å². The topological polar surface area (TPSA) is 56.5 Å². The number of hydrogen-bond acceptors (Lipinski definition) is 4. The van der Waals surface area contributed by atoms with Crippen LogP contribution in [0.25, 0.3) is 0 Å². The quantitative estimate of drug-likeness (QED) is 0.909. The maximum atomic E-state index is 11.0. The van der Waals surface area contributed by atoms with Gasteiger partial charge in [-0.05, 0) is 31.5 Å². The van der Waals surface area contributed by atoms with Crippen LogP contribution in [-0.2, 0) is 12.1 Å². The highest BCUT2D eigenvalue weighted by Crippen LogP contribution is 2.35. The minimum atomic E-state index is -1.19. The highest BCUT2D eigenvalue weighted by molar-refractivity contribution is 5.41. The predicted octanol–water partition coefficient (Wildman–Crippen LogP) is 2.18. The lowest BCUT2D eigenvalue weighted by Crippen LogP contribution is -2.27. The molecule has 0 bridgehead atoms. The number of hydrogen-bond donors (Lipinski definition) is 1. The van der Waals surface area contributed by atoms with E-state index in [2.05, 4.69) is 5.10 Å². The van der Waals surface area contributed by atoms with Gasteiger partial charge in [-0.3, -0.25) is 4.68 Å². The first kappa shape index (κ1) is 14.4. The Balaban J connectivity index is 2.50. The number of methoxy groups -OCH3 is 2. The molecule has 2 rings (SSSR count). The van der Waals surface area contributed by atoms with Gasteiger partial charge in [-0.25, -0.2) is 0 Å². The van der Waals surface area contributed by atoms with Gasteiger partial charge < -0.3 is 14.6 Å². The molecule has 1 aromatic carbocycles. The van der Waals surface area contributed by atoms with E-state index in [1.54, 1.807) is 32.0 Å². The fourth-order valence-corrected chi connectivity index (χ4v) is 2.30. The summed E-state index contributed by atoms with van der Waals surface area (Å²) in [5.41, 5.74) is 0.212. The molecule has 5 nitrogen and oxygen atoms in total. The molecular weight excluding hydrogens is 256 g/mol. The van der Waals surface area contributed by atoms with Crippen LogP contribution < -0.4 is 9.47 Å². The summed E-state index contributed by atoms with van der Waals surface area (Å²) in [5.74, 6) is 1.33. The van der Waals surface area contributed by atoms with Crippen molar-refractivity contribution in [3.63, 3.8) is 0 Å². The summed E-state index contributed by atoms with van der Waals surface area (Å²) in [7, 11) is 3.19. The monoisotopic (exact) mass is 276 g/mol. The van der Waals surface area contributed by atoms with Gasteiger partial charge in [-0.15, -0.1) is 0 Å². The van der Waals surface area contributed by atoms with Crippen LogP contribution in [0.1, 0.15) is 25.1 Å². The van der Waals surface area contributed by atoms with E-state index in [1.807, 2.05) is 31.2 Å². The molecule has 5 heteroatoms. The molecule has 1 heterocycles. The Kier molecular flexibility index (Phi) is 3.99. The third kappa shape index (κ3) is 2.36. The number of benzene rings is 1. The Morgan fingerprint density at radius 3 is 2.35 bits per heavy atom. The summed E-state index contributed by atoms with van der Waals surface area (Å²) in [6, 6.07) is 7.32. The molecule has 1 aromatic heterocycles. The second-order valence-corrected chi connectivity index (χ2v) is 4.68. The summed E-state index contributed by atoms with van der Waals surface area (Å²) in [6.07, 6.45) is 1.62.